The van der Waals surface area contributed by atoms with E-state index in [9.17, 15) is 4.79 Å². The van der Waals surface area contributed by atoms with Crippen molar-refractivity contribution in [2.24, 2.45) is 0 Å². The summed E-state index contributed by atoms with van der Waals surface area (Å²) in [5.74, 6) is -0.118. The molecule has 0 atom stereocenters. The van der Waals surface area contributed by atoms with Crippen LogP contribution in [0.25, 0.3) is 0 Å². The summed E-state index contributed by atoms with van der Waals surface area (Å²) in [6.07, 6.45) is 2.17. The number of nitrogens with zero attached hydrogens (tertiary/aromatic N) is 1. The maximum Gasteiger partial charge on any atom is 0.268 e. The maximum absolute atomic E-state index is 12.2. The largest absolute Gasteiger partial charge is 0.268 e. The molecule has 3 heteroatoms. The van der Waals surface area contributed by atoms with E-state index < -0.39 is 0 Å². The van der Waals surface area contributed by atoms with Gasteiger partial charge in [0.05, 0.1) is 5.69 Å². The van der Waals surface area contributed by atoms with Gasteiger partial charge in [-0.25, -0.2) is 0 Å². The summed E-state index contributed by atoms with van der Waals surface area (Å²) in [7, 11) is 0. The average Bonchev–Trinajstić information content (AvgIpc) is 2.48. The smallest absolute Gasteiger partial charge is 0.268 e. The lowest BCUT2D eigenvalue weighted by Gasteiger charge is -2.16. The minimum Gasteiger partial charge on any atom is -0.268 e. The van der Waals surface area contributed by atoms with Crippen molar-refractivity contribution in [1.29, 1.82) is 0 Å². The van der Waals surface area contributed by atoms with Crippen molar-refractivity contribution >= 4 is 24.4 Å². The quantitative estimate of drug-likeness (QED) is 0.829. The molecule has 98 valence electrons. The van der Waals surface area contributed by atoms with Crippen LogP contribution in [0.5, 0.6) is 0 Å². The fourth-order valence-corrected chi connectivity index (χ4v) is 2.16. The van der Waals surface area contributed by atoms with Crippen molar-refractivity contribution in [1.82, 2.24) is 0 Å². The molecule has 0 aliphatic rings. The molecule has 1 amide bonds. The minimum atomic E-state index is -0.118. The van der Waals surface area contributed by atoms with Crippen molar-refractivity contribution in [2.45, 2.75) is 19.8 Å². The van der Waals surface area contributed by atoms with Crippen LogP contribution in [0.2, 0.25) is 0 Å². The van der Waals surface area contributed by atoms with E-state index in [-0.39, 0.29) is 5.91 Å². The number of carbonyl (C=O) groups excluding carboxylic acids is 1. The summed E-state index contributed by atoms with van der Waals surface area (Å²) < 4.78 is 1.38. The molecule has 0 bridgehead atoms. The standard InChI is InChI=1S/C16H17NOS/c1-2-6-13-9-11-15(12-10-13)17(19)16(18)14-7-4-3-5-8-14/h3-5,7-12,19H,2,6H2,1H3. The summed E-state index contributed by atoms with van der Waals surface area (Å²) in [6, 6.07) is 17.1. The number of anilines is 1. The highest BCUT2D eigenvalue weighted by atomic mass is 32.1. The van der Waals surface area contributed by atoms with Gasteiger partial charge in [0.15, 0.2) is 0 Å². The van der Waals surface area contributed by atoms with Crippen LogP contribution in [0, 0.1) is 0 Å². The second kappa shape index (κ2) is 6.43. The van der Waals surface area contributed by atoms with E-state index >= 15 is 0 Å². The molecule has 0 N–H and O–H groups in total. The van der Waals surface area contributed by atoms with Gasteiger partial charge in [-0.05, 0) is 36.2 Å². The Balaban J connectivity index is 2.15. The first-order valence-corrected chi connectivity index (χ1v) is 6.79. The van der Waals surface area contributed by atoms with Gasteiger partial charge in [0.2, 0.25) is 0 Å². The van der Waals surface area contributed by atoms with Crippen molar-refractivity contribution < 1.29 is 4.79 Å². The van der Waals surface area contributed by atoms with Crippen LogP contribution in [0.4, 0.5) is 5.69 Å². The van der Waals surface area contributed by atoms with Crippen LogP contribution in [-0.2, 0) is 6.42 Å². The third-order valence-electron chi connectivity index (χ3n) is 2.93. The van der Waals surface area contributed by atoms with Gasteiger partial charge in [0.25, 0.3) is 5.91 Å². The van der Waals surface area contributed by atoms with E-state index in [0.717, 1.165) is 18.5 Å². The third-order valence-corrected chi connectivity index (χ3v) is 3.35. The molecule has 2 aromatic carbocycles. The lowest BCUT2D eigenvalue weighted by Crippen LogP contribution is -2.20. The molecule has 0 aliphatic carbocycles. The number of benzene rings is 2. The van der Waals surface area contributed by atoms with Crippen molar-refractivity contribution in [3.63, 3.8) is 0 Å². The van der Waals surface area contributed by atoms with E-state index in [1.165, 1.54) is 9.87 Å². The molecule has 0 unspecified atom stereocenters. The first-order chi connectivity index (χ1) is 9.22. The fraction of sp³-hybridized carbons (Fsp3) is 0.188. The molecular weight excluding hydrogens is 254 g/mol. The van der Waals surface area contributed by atoms with Gasteiger partial charge in [-0.2, -0.15) is 0 Å². The summed E-state index contributed by atoms with van der Waals surface area (Å²) in [5, 5.41) is 0. The van der Waals surface area contributed by atoms with E-state index in [0.29, 0.717) is 5.56 Å². The molecular formula is C16H17NOS. The normalized spacial score (nSPS) is 10.2. The predicted molar refractivity (Wildman–Crippen MR) is 82.7 cm³/mol. The summed E-state index contributed by atoms with van der Waals surface area (Å²) in [5.41, 5.74) is 2.70. The molecule has 0 spiro atoms. The van der Waals surface area contributed by atoms with Crippen LogP contribution in [0.15, 0.2) is 54.6 Å². The van der Waals surface area contributed by atoms with Gasteiger partial charge < -0.3 is 0 Å². The molecule has 0 saturated carbocycles. The second-order valence-corrected chi connectivity index (χ2v) is 4.80. The zero-order valence-electron chi connectivity index (χ0n) is 10.9. The van der Waals surface area contributed by atoms with Gasteiger partial charge >= 0.3 is 0 Å². The van der Waals surface area contributed by atoms with Crippen LogP contribution in [-0.4, -0.2) is 5.91 Å². The topological polar surface area (TPSA) is 20.3 Å². The van der Waals surface area contributed by atoms with Gasteiger partial charge in [-0.15, -0.1) is 0 Å². The Hall–Kier alpha value is -1.74. The molecule has 0 heterocycles. The number of thiol groups is 1. The molecule has 0 aliphatic heterocycles. The van der Waals surface area contributed by atoms with Crippen molar-refractivity contribution in [3.05, 3.63) is 65.7 Å². The average molecular weight is 271 g/mol. The number of rotatable bonds is 4. The summed E-state index contributed by atoms with van der Waals surface area (Å²) >= 11 is 4.30. The Labute approximate surface area is 119 Å². The Morgan fingerprint density at radius 2 is 1.68 bits per heavy atom. The molecule has 19 heavy (non-hydrogen) atoms. The molecule has 2 rings (SSSR count). The lowest BCUT2D eigenvalue weighted by atomic mass is 10.1. The Bertz CT molecular complexity index is 536. The Morgan fingerprint density at radius 3 is 2.26 bits per heavy atom. The monoisotopic (exact) mass is 271 g/mol. The molecule has 0 saturated heterocycles. The van der Waals surface area contributed by atoms with Crippen LogP contribution in [0.1, 0.15) is 29.3 Å². The van der Waals surface area contributed by atoms with Crippen LogP contribution < -0.4 is 4.31 Å². The molecule has 2 nitrogen and oxygen atoms in total. The molecule has 0 radical (unpaired) electrons. The minimum absolute atomic E-state index is 0.118. The zero-order valence-corrected chi connectivity index (χ0v) is 11.8. The number of hydrogen-bond acceptors (Lipinski definition) is 2. The van der Waals surface area contributed by atoms with E-state index in [1.54, 1.807) is 12.1 Å². The predicted octanol–water partition coefficient (Wildman–Crippen LogP) is 4.13. The van der Waals surface area contributed by atoms with Crippen LogP contribution in [0.3, 0.4) is 0 Å². The fourth-order valence-electron chi connectivity index (χ4n) is 1.91. The zero-order chi connectivity index (χ0) is 13.7. The Morgan fingerprint density at radius 1 is 1.05 bits per heavy atom. The highest BCUT2D eigenvalue weighted by molar-refractivity contribution is 7.82. The lowest BCUT2D eigenvalue weighted by molar-refractivity contribution is 0.101. The molecule has 0 fully saturated rings. The Kier molecular flexibility index (Phi) is 4.63. The summed E-state index contributed by atoms with van der Waals surface area (Å²) in [4.78, 5) is 12.2. The number of aryl methyl sites for hydroxylation is 1. The van der Waals surface area contributed by atoms with E-state index in [4.69, 9.17) is 0 Å². The third kappa shape index (κ3) is 3.38. The van der Waals surface area contributed by atoms with Gasteiger partial charge in [0, 0.05) is 5.56 Å². The number of hydrogen-bond donors (Lipinski definition) is 1. The van der Waals surface area contributed by atoms with Crippen LogP contribution >= 0.6 is 12.8 Å². The van der Waals surface area contributed by atoms with Gasteiger partial charge in [0.1, 0.15) is 0 Å². The van der Waals surface area contributed by atoms with E-state index in [1.807, 2.05) is 42.5 Å². The summed E-state index contributed by atoms with van der Waals surface area (Å²) in [6.45, 7) is 2.15. The molecule has 2 aromatic rings. The highest BCUT2D eigenvalue weighted by Crippen LogP contribution is 2.20. The van der Waals surface area contributed by atoms with Gasteiger partial charge in [-0.1, -0.05) is 56.5 Å². The van der Waals surface area contributed by atoms with Gasteiger partial charge in [-0.3, -0.25) is 9.10 Å². The number of amides is 1. The van der Waals surface area contributed by atoms with Crippen molar-refractivity contribution in [2.75, 3.05) is 4.31 Å². The van der Waals surface area contributed by atoms with Crippen molar-refractivity contribution in [3.8, 4) is 0 Å². The SMILES string of the molecule is CCCc1ccc(N(S)C(=O)c2ccccc2)cc1. The van der Waals surface area contributed by atoms with E-state index in [2.05, 4.69) is 19.7 Å². The number of carbonyl (C=O) groups is 1. The highest BCUT2D eigenvalue weighted by Gasteiger charge is 2.13. The maximum atomic E-state index is 12.2. The molecule has 0 aromatic heterocycles. The first-order valence-electron chi connectivity index (χ1n) is 6.39. The second-order valence-electron chi connectivity index (χ2n) is 4.40. The first kappa shape index (κ1) is 13.7.